The van der Waals surface area contributed by atoms with Crippen molar-refractivity contribution in [3.63, 3.8) is 0 Å². The number of primary amides is 1. The predicted octanol–water partition coefficient (Wildman–Crippen LogP) is 2.70. The molecule has 0 spiro atoms. The minimum absolute atomic E-state index is 0.0834. The Morgan fingerprint density at radius 2 is 1.77 bits per heavy atom. The van der Waals surface area contributed by atoms with Crippen LogP contribution in [0.3, 0.4) is 0 Å². The van der Waals surface area contributed by atoms with E-state index < -0.39 is 5.91 Å². The molecule has 0 heterocycles. The number of rotatable bonds is 7. The molecule has 2 amide bonds. The first-order valence-corrected chi connectivity index (χ1v) is 8.26. The number of aryl methyl sites for hydroxylation is 1. The molecule has 2 N–H and O–H groups in total. The lowest BCUT2D eigenvalue weighted by Crippen LogP contribution is -2.29. The zero-order chi connectivity index (χ0) is 19.3. The van der Waals surface area contributed by atoms with Gasteiger partial charge in [-0.3, -0.25) is 9.59 Å². The molecule has 2 aromatic carbocycles. The summed E-state index contributed by atoms with van der Waals surface area (Å²) in [6.45, 7) is 3.75. The lowest BCUT2D eigenvalue weighted by molar-refractivity contribution is -0.119. The van der Waals surface area contributed by atoms with Crippen LogP contribution in [0.1, 0.15) is 34.5 Å². The van der Waals surface area contributed by atoms with E-state index in [1.54, 1.807) is 30.1 Å². The van der Waals surface area contributed by atoms with E-state index in [0.717, 1.165) is 5.56 Å². The minimum atomic E-state index is -0.584. The van der Waals surface area contributed by atoms with Gasteiger partial charge < -0.3 is 20.1 Å². The lowest BCUT2D eigenvalue weighted by atomic mass is 10.0. The van der Waals surface area contributed by atoms with Crippen molar-refractivity contribution in [2.45, 2.75) is 19.9 Å². The Labute approximate surface area is 153 Å². The van der Waals surface area contributed by atoms with E-state index >= 15 is 0 Å². The monoisotopic (exact) mass is 356 g/mol. The van der Waals surface area contributed by atoms with Gasteiger partial charge in [-0.2, -0.15) is 0 Å². The van der Waals surface area contributed by atoms with Gasteiger partial charge in [0, 0.05) is 12.6 Å². The molecule has 6 heteroatoms. The number of ether oxygens (including phenoxy) is 2. The molecule has 138 valence electrons. The van der Waals surface area contributed by atoms with Crippen molar-refractivity contribution in [2.75, 3.05) is 20.8 Å². The molecule has 2 rings (SSSR count). The zero-order valence-corrected chi connectivity index (χ0v) is 15.5. The molecular weight excluding hydrogens is 332 g/mol. The number of benzene rings is 2. The fourth-order valence-corrected chi connectivity index (χ4v) is 2.52. The summed E-state index contributed by atoms with van der Waals surface area (Å²) >= 11 is 0. The van der Waals surface area contributed by atoms with Crippen molar-refractivity contribution in [3.8, 4) is 11.5 Å². The van der Waals surface area contributed by atoms with E-state index in [0.29, 0.717) is 17.1 Å². The van der Waals surface area contributed by atoms with Crippen molar-refractivity contribution in [3.05, 3.63) is 59.2 Å². The Kier molecular flexibility index (Phi) is 6.22. The Morgan fingerprint density at radius 1 is 1.12 bits per heavy atom. The fourth-order valence-electron chi connectivity index (χ4n) is 2.52. The Morgan fingerprint density at radius 3 is 2.35 bits per heavy atom. The first-order valence-electron chi connectivity index (χ1n) is 8.26. The van der Waals surface area contributed by atoms with Gasteiger partial charge in [0.1, 0.15) is 0 Å². The smallest absolute Gasteiger partial charge is 0.255 e. The second kappa shape index (κ2) is 8.38. The summed E-state index contributed by atoms with van der Waals surface area (Å²) in [6, 6.07) is 12.8. The van der Waals surface area contributed by atoms with Crippen LogP contribution in [-0.4, -0.2) is 37.5 Å². The molecule has 0 aliphatic heterocycles. The maximum Gasteiger partial charge on any atom is 0.255 e. The highest BCUT2D eigenvalue weighted by Crippen LogP contribution is 2.29. The van der Waals surface area contributed by atoms with E-state index in [4.69, 9.17) is 15.2 Å². The van der Waals surface area contributed by atoms with Gasteiger partial charge in [0.2, 0.25) is 0 Å². The summed E-state index contributed by atoms with van der Waals surface area (Å²) in [5.74, 6) is 0.00210. The van der Waals surface area contributed by atoms with Crippen molar-refractivity contribution in [2.24, 2.45) is 5.73 Å². The zero-order valence-electron chi connectivity index (χ0n) is 15.5. The highest BCUT2D eigenvalue weighted by Gasteiger charge is 2.20. The normalized spacial score (nSPS) is 11.5. The molecule has 0 aliphatic rings. The van der Waals surface area contributed by atoms with E-state index in [9.17, 15) is 9.59 Å². The van der Waals surface area contributed by atoms with Gasteiger partial charge in [-0.25, -0.2) is 0 Å². The van der Waals surface area contributed by atoms with E-state index in [1.807, 2.05) is 38.1 Å². The molecule has 0 fully saturated rings. The molecule has 1 atom stereocenters. The second-order valence-corrected chi connectivity index (χ2v) is 6.12. The SMILES string of the molecule is COc1cc(C(=O)N(C)C(C)c2ccc(C)cc2)ccc1OCC(N)=O. The van der Waals surface area contributed by atoms with Crippen molar-refractivity contribution in [1.29, 1.82) is 0 Å². The third kappa shape index (κ3) is 4.53. The van der Waals surface area contributed by atoms with Crippen molar-refractivity contribution >= 4 is 11.8 Å². The van der Waals surface area contributed by atoms with Crippen LogP contribution in [0, 0.1) is 6.92 Å². The first kappa shape index (κ1) is 19.3. The molecule has 26 heavy (non-hydrogen) atoms. The van der Waals surface area contributed by atoms with Gasteiger partial charge in [0.25, 0.3) is 11.8 Å². The largest absolute Gasteiger partial charge is 0.493 e. The van der Waals surface area contributed by atoms with Gasteiger partial charge in [0.05, 0.1) is 13.2 Å². The van der Waals surface area contributed by atoms with Crippen LogP contribution >= 0.6 is 0 Å². The predicted molar refractivity (Wildman–Crippen MR) is 99.4 cm³/mol. The van der Waals surface area contributed by atoms with Gasteiger partial charge >= 0.3 is 0 Å². The Bertz CT molecular complexity index is 787. The topological polar surface area (TPSA) is 81.9 Å². The summed E-state index contributed by atoms with van der Waals surface area (Å²) < 4.78 is 10.5. The van der Waals surface area contributed by atoms with Crippen LogP contribution in [-0.2, 0) is 4.79 Å². The molecule has 0 radical (unpaired) electrons. The number of carbonyl (C=O) groups is 2. The molecule has 2 aromatic rings. The number of hydrogen-bond acceptors (Lipinski definition) is 4. The lowest BCUT2D eigenvalue weighted by Gasteiger charge is -2.26. The van der Waals surface area contributed by atoms with Crippen LogP contribution in [0.4, 0.5) is 0 Å². The van der Waals surface area contributed by atoms with Crippen LogP contribution in [0.15, 0.2) is 42.5 Å². The van der Waals surface area contributed by atoms with Gasteiger partial charge in [-0.15, -0.1) is 0 Å². The molecule has 1 unspecified atom stereocenters. The van der Waals surface area contributed by atoms with E-state index in [1.165, 1.54) is 12.7 Å². The van der Waals surface area contributed by atoms with Gasteiger partial charge in [-0.1, -0.05) is 29.8 Å². The summed E-state index contributed by atoms with van der Waals surface area (Å²) in [4.78, 5) is 25.4. The summed E-state index contributed by atoms with van der Waals surface area (Å²) in [5, 5.41) is 0. The van der Waals surface area contributed by atoms with Crippen LogP contribution in [0.5, 0.6) is 11.5 Å². The quantitative estimate of drug-likeness (QED) is 0.827. The molecular formula is C20H24N2O4. The average Bonchev–Trinajstić information content (AvgIpc) is 2.65. The minimum Gasteiger partial charge on any atom is -0.493 e. The molecule has 0 saturated heterocycles. The van der Waals surface area contributed by atoms with E-state index in [-0.39, 0.29) is 18.6 Å². The van der Waals surface area contributed by atoms with Crippen LogP contribution in [0.2, 0.25) is 0 Å². The van der Waals surface area contributed by atoms with Crippen LogP contribution < -0.4 is 15.2 Å². The highest BCUT2D eigenvalue weighted by atomic mass is 16.5. The van der Waals surface area contributed by atoms with Crippen LogP contribution in [0.25, 0.3) is 0 Å². The number of nitrogens with zero attached hydrogens (tertiary/aromatic N) is 1. The summed E-state index contributed by atoms with van der Waals surface area (Å²) in [5.41, 5.74) is 7.78. The number of carbonyl (C=O) groups excluding carboxylic acids is 2. The fraction of sp³-hybridized carbons (Fsp3) is 0.300. The average molecular weight is 356 g/mol. The summed E-state index contributed by atoms with van der Waals surface area (Å²) in [6.07, 6.45) is 0. The molecule has 0 bridgehead atoms. The first-order chi connectivity index (χ1) is 12.3. The summed E-state index contributed by atoms with van der Waals surface area (Å²) in [7, 11) is 3.23. The molecule has 0 saturated carbocycles. The third-order valence-electron chi connectivity index (χ3n) is 4.24. The maximum absolute atomic E-state index is 12.8. The van der Waals surface area contributed by atoms with Crippen molar-refractivity contribution < 1.29 is 19.1 Å². The second-order valence-electron chi connectivity index (χ2n) is 6.12. The van der Waals surface area contributed by atoms with Gasteiger partial charge in [-0.05, 0) is 37.6 Å². The Balaban J connectivity index is 2.19. The molecule has 6 nitrogen and oxygen atoms in total. The maximum atomic E-state index is 12.8. The van der Waals surface area contributed by atoms with Crippen molar-refractivity contribution in [1.82, 2.24) is 4.90 Å². The van der Waals surface area contributed by atoms with E-state index in [2.05, 4.69) is 0 Å². The molecule has 0 aromatic heterocycles. The number of methoxy groups -OCH3 is 1. The number of amides is 2. The number of hydrogen-bond donors (Lipinski definition) is 1. The highest BCUT2D eigenvalue weighted by molar-refractivity contribution is 5.95. The molecule has 0 aliphatic carbocycles. The third-order valence-corrected chi connectivity index (χ3v) is 4.24. The standard InChI is InChI=1S/C20H24N2O4/c1-13-5-7-15(8-6-13)14(2)22(3)20(24)16-9-10-17(18(11-16)25-4)26-12-19(21)23/h5-11,14H,12H2,1-4H3,(H2,21,23). The Hall–Kier alpha value is -3.02. The van der Waals surface area contributed by atoms with Gasteiger partial charge in [0.15, 0.2) is 18.1 Å². The number of nitrogens with two attached hydrogens (primary N) is 1.